The van der Waals surface area contributed by atoms with Crippen LogP contribution in [-0.4, -0.2) is 15.8 Å². The fourth-order valence-corrected chi connectivity index (χ4v) is 0.216. The Labute approximate surface area is 49.1 Å². The molecule has 0 spiro atoms. The van der Waals surface area contributed by atoms with Gasteiger partial charge < -0.3 is 15.9 Å². The summed E-state index contributed by atoms with van der Waals surface area (Å²) in [6.07, 6.45) is 0.486. The zero-order valence-corrected chi connectivity index (χ0v) is 4.83. The molecule has 0 aromatic rings. The smallest absolute Gasteiger partial charge is 0.102 e. The summed E-state index contributed by atoms with van der Waals surface area (Å²) in [7, 11) is 0. The van der Waals surface area contributed by atoms with Crippen LogP contribution in [0.15, 0.2) is 0 Å². The van der Waals surface area contributed by atoms with Crippen LogP contribution in [0.5, 0.6) is 0 Å². The van der Waals surface area contributed by atoms with Gasteiger partial charge in [0.05, 0.1) is 5.54 Å². The molecule has 0 aliphatic rings. The van der Waals surface area contributed by atoms with Gasteiger partial charge in [0.25, 0.3) is 0 Å². The highest BCUT2D eigenvalue weighted by Crippen LogP contribution is 2.09. The third-order valence-electron chi connectivity index (χ3n) is 1.09. The number of rotatable bonds is 3. The Morgan fingerprint density at radius 3 is 1.88 bits per heavy atom. The van der Waals surface area contributed by atoms with Gasteiger partial charge in [0, 0.05) is 0 Å². The summed E-state index contributed by atoms with van der Waals surface area (Å²) in [5, 5.41) is 16.7. The van der Waals surface area contributed by atoms with Crippen LogP contribution in [0.4, 0.5) is 0 Å². The van der Waals surface area contributed by atoms with Crippen molar-refractivity contribution in [3.63, 3.8) is 0 Å². The molecule has 0 aliphatic carbocycles. The highest BCUT2D eigenvalue weighted by atomic mass is 16.3. The second kappa shape index (κ2) is 3.02. The normalized spacial score (nSPS) is 12.0. The molecule has 0 aromatic heterocycles. The topological polar surface area (TPSA) is 66.5 Å². The molecule has 0 aromatic carbocycles. The first-order chi connectivity index (χ1) is 3.68. The van der Waals surface area contributed by atoms with E-state index in [4.69, 9.17) is 15.9 Å². The Morgan fingerprint density at radius 2 is 1.88 bits per heavy atom. The van der Waals surface area contributed by atoms with Gasteiger partial charge in [-0.25, -0.2) is 0 Å². The Kier molecular flexibility index (Phi) is 2.97. The zero-order valence-electron chi connectivity index (χ0n) is 4.83. The second-order valence-corrected chi connectivity index (χ2v) is 1.72. The van der Waals surface area contributed by atoms with Crippen LogP contribution in [0.1, 0.15) is 13.3 Å². The Bertz CT molecular complexity index is 53.2. The van der Waals surface area contributed by atoms with E-state index in [0.717, 1.165) is 13.2 Å². The zero-order chi connectivity index (χ0) is 6.62. The van der Waals surface area contributed by atoms with Crippen molar-refractivity contribution in [3.05, 3.63) is 13.2 Å². The number of nitrogens with two attached hydrogens (primary N) is 1. The minimum atomic E-state index is -1.01. The molecule has 0 bridgehead atoms. The first kappa shape index (κ1) is 7.88. The van der Waals surface area contributed by atoms with Crippen LogP contribution in [0.25, 0.3) is 0 Å². The molecule has 4 N–H and O–H groups in total. The maximum atomic E-state index is 8.34. The second-order valence-electron chi connectivity index (χ2n) is 1.72. The third-order valence-corrected chi connectivity index (χ3v) is 1.09. The van der Waals surface area contributed by atoms with Gasteiger partial charge in [-0.05, 0) is 6.42 Å². The molecule has 48 valence electrons. The lowest BCUT2D eigenvalue weighted by atomic mass is 10.0. The van der Waals surface area contributed by atoms with Gasteiger partial charge in [0.2, 0.25) is 0 Å². The van der Waals surface area contributed by atoms with Gasteiger partial charge >= 0.3 is 0 Å². The predicted molar refractivity (Wildman–Crippen MR) is 29.7 cm³/mol. The van der Waals surface area contributed by atoms with Gasteiger partial charge in [-0.1, -0.05) is 6.92 Å². The molecule has 3 nitrogen and oxygen atoms in total. The summed E-state index contributed by atoms with van der Waals surface area (Å²) < 4.78 is 0. The van der Waals surface area contributed by atoms with E-state index < -0.39 is 5.54 Å². The predicted octanol–water partition coefficient (Wildman–Crippen LogP) is 0.162. The largest absolute Gasteiger partial charge is 0.388 e. The molecular formula is C5H11NO2. The Hall–Kier alpha value is -0.120. The van der Waals surface area contributed by atoms with Crippen molar-refractivity contribution < 1.29 is 10.2 Å². The fraction of sp³-hybridized carbons (Fsp3) is 0.600. The number of aliphatic hydroxyl groups is 2. The van der Waals surface area contributed by atoms with Gasteiger partial charge in [0.15, 0.2) is 0 Å². The molecule has 3 heteroatoms. The lowest BCUT2D eigenvalue weighted by molar-refractivity contribution is 0.224. The summed E-state index contributed by atoms with van der Waals surface area (Å²) in [5.41, 5.74) is 4.27. The van der Waals surface area contributed by atoms with E-state index in [9.17, 15) is 0 Å². The molecular weight excluding hydrogens is 106 g/mol. The van der Waals surface area contributed by atoms with Crippen LogP contribution in [0.3, 0.4) is 0 Å². The first-order valence-electron chi connectivity index (χ1n) is 2.44. The van der Waals surface area contributed by atoms with E-state index in [-0.39, 0.29) is 0 Å². The highest BCUT2D eigenvalue weighted by Gasteiger charge is 2.20. The van der Waals surface area contributed by atoms with E-state index >= 15 is 0 Å². The Balaban J connectivity index is 3.58. The number of hydrogen-bond donors (Lipinski definition) is 3. The summed E-state index contributed by atoms with van der Waals surface area (Å²) in [5.74, 6) is 0. The quantitative estimate of drug-likeness (QED) is 0.493. The van der Waals surface area contributed by atoms with E-state index in [1.807, 2.05) is 0 Å². The Morgan fingerprint density at radius 1 is 1.50 bits per heavy atom. The minimum Gasteiger partial charge on any atom is -0.388 e. The number of aliphatic hydroxyl groups excluding tert-OH is 2. The molecule has 0 heterocycles. The summed E-state index contributed by atoms with van der Waals surface area (Å²) in [6, 6.07) is 0. The van der Waals surface area contributed by atoms with Crippen molar-refractivity contribution in [2.45, 2.75) is 18.9 Å². The molecule has 0 saturated carbocycles. The SMILES string of the molecule is CCC(N)([CH]O)[CH]O. The van der Waals surface area contributed by atoms with Crippen LogP contribution in [0, 0.1) is 13.2 Å². The molecule has 0 unspecified atom stereocenters. The molecule has 0 amide bonds. The van der Waals surface area contributed by atoms with E-state index in [1.54, 1.807) is 6.92 Å². The van der Waals surface area contributed by atoms with Crippen molar-refractivity contribution in [2.24, 2.45) is 5.73 Å². The summed E-state index contributed by atoms with van der Waals surface area (Å²) >= 11 is 0. The fourth-order valence-electron chi connectivity index (χ4n) is 0.216. The van der Waals surface area contributed by atoms with Crippen LogP contribution < -0.4 is 5.73 Å². The maximum absolute atomic E-state index is 8.34. The van der Waals surface area contributed by atoms with Crippen molar-refractivity contribution in [2.75, 3.05) is 0 Å². The van der Waals surface area contributed by atoms with Gasteiger partial charge in [-0.3, -0.25) is 0 Å². The van der Waals surface area contributed by atoms with E-state index in [1.165, 1.54) is 0 Å². The first-order valence-corrected chi connectivity index (χ1v) is 2.44. The average molecular weight is 117 g/mol. The van der Waals surface area contributed by atoms with Crippen molar-refractivity contribution in [3.8, 4) is 0 Å². The summed E-state index contributed by atoms with van der Waals surface area (Å²) in [4.78, 5) is 0. The van der Waals surface area contributed by atoms with Crippen molar-refractivity contribution >= 4 is 0 Å². The van der Waals surface area contributed by atoms with Crippen molar-refractivity contribution in [1.29, 1.82) is 0 Å². The van der Waals surface area contributed by atoms with Crippen molar-refractivity contribution in [1.82, 2.24) is 0 Å². The van der Waals surface area contributed by atoms with Gasteiger partial charge in [-0.15, -0.1) is 0 Å². The van der Waals surface area contributed by atoms with E-state index in [0.29, 0.717) is 6.42 Å². The van der Waals surface area contributed by atoms with Crippen LogP contribution in [-0.2, 0) is 0 Å². The minimum absolute atomic E-state index is 0.486. The molecule has 8 heavy (non-hydrogen) atoms. The highest BCUT2D eigenvalue weighted by molar-refractivity contribution is 4.96. The maximum Gasteiger partial charge on any atom is 0.102 e. The molecule has 2 radical (unpaired) electrons. The molecule has 0 aliphatic heterocycles. The van der Waals surface area contributed by atoms with Gasteiger partial charge in [-0.2, -0.15) is 0 Å². The lowest BCUT2D eigenvalue weighted by Crippen LogP contribution is -2.39. The summed E-state index contributed by atoms with van der Waals surface area (Å²) in [6.45, 7) is 3.30. The molecule has 0 atom stereocenters. The van der Waals surface area contributed by atoms with Gasteiger partial charge in [0.1, 0.15) is 13.2 Å². The number of hydrogen-bond acceptors (Lipinski definition) is 3. The lowest BCUT2D eigenvalue weighted by Gasteiger charge is -2.19. The molecule has 0 fully saturated rings. The third kappa shape index (κ3) is 1.78. The standard InChI is InChI=1S/C5H11NO2/c1-2-5(6,3-7)4-8/h3-4,7-8H,2,6H2,1H3. The average Bonchev–Trinajstić information content (AvgIpc) is 1.87. The monoisotopic (exact) mass is 117 g/mol. The van der Waals surface area contributed by atoms with Crippen LogP contribution in [0.2, 0.25) is 0 Å². The molecule has 0 rings (SSSR count). The van der Waals surface area contributed by atoms with Crippen LogP contribution >= 0.6 is 0 Å². The van der Waals surface area contributed by atoms with E-state index in [2.05, 4.69) is 0 Å². The molecule has 0 saturated heterocycles.